The minimum atomic E-state index is -0.559. The number of ether oxygens (including phenoxy) is 1. The van der Waals surface area contributed by atoms with Crippen LogP contribution in [0.3, 0.4) is 0 Å². The lowest BCUT2D eigenvalue weighted by molar-refractivity contribution is -0.144. The van der Waals surface area contributed by atoms with Crippen molar-refractivity contribution in [2.24, 2.45) is 0 Å². The number of esters is 1. The summed E-state index contributed by atoms with van der Waals surface area (Å²) < 4.78 is 5.62. The average molecular weight is 335 g/mol. The number of benzene rings is 1. The molecule has 0 unspecified atom stereocenters. The molecule has 0 bridgehead atoms. The van der Waals surface area contributed by atoms with Gasteiger partial charge in [-0.3, -0.25) is 0 Å². The van der Waals surface area contributed by atoms with Gasteiger partial charge in [-0.2, -0.15) is 0 Å². The Kier molecular flexibility index (Phi) is 4.57. The molecule has 1 aliphatic heterocycles. The molecule has 1 heterocycles. The van der Waals surface area contributed by atoms with Crippen LogP contribution in [0, 0.1) is 0 Å². The summed E-state index contributed by atoms with van der Waals surface area (Å²) in [6.07, 6.45) is 3.95. The predicted molar refractivity (Wildman–Crippen MR) is 86.9 cm³/mol. The van der Waals surface area contributed by atoms with Crippen molar-refractivity contribution in [3.8, 4) is 0 Å². The maximum absolute atomic E-state index is 12.6. The third kappa shape index (κ3) is 3.50. The standard InChI is InChI=1S/C17H19ClN2O3/c1-10-14(16(21)23-13-7-2-3-8-13)15(20-17(22)19-10)11-5-4-6-12(18)9-11/h4-6,9,13,15H,2-3,7-8H2,1H3,(H2,19,20,22)/t15-/m1/s1. The van der Waals surface area contributed by atoms with E-state index in [1.807, 2.05) is 6.07 Å². The van der Waals surface area contributed by atoms with E-state index in [4.69, 9.17) is 16.3 Å². The van der Waals surface area contributed by atoms with Crippen molar-refractivity contribution in [3.63, 3.8) is 0 Å². The van der Waals surface area contributed by atoms with Gasteiger partial charge in [-0.15, -0.1) is 0 Å². The van der Waals surface area contributed by atoms with E-state index < -0.39 is 6.04 Å². The maximum atomic E-state index is 12.6. The number of carbonyl (C=O) groups excluding carboxylic acids is 2. The van der Waals surface area contributed by atoms with Crippen molar-refractivity contribution in [2.75, 3.05) is 0 Å². The molecule has 2 aliphatic rings. The lowest BCUT2D eigenvalue weighted by Crippen LogP contribution is -2.45. The van der Waals surface area contributed by atoms with Crippen molar-refractivity contribution < 1.29 is 14.3 Å². The molecule has 0 saturated heterocycles. The highest BCUT2D eigenvalue weighted by atomic mass is 35.5. The van der Waals surface area contributed by atoms with Gasteiger partial charge in [-0.05, 0) is 50.3 Å². The van der Waals surface area contributed by atoms with Crippen LogP contribution in [0.1, 0.15) is 44.2 Å². The number of urea groups is 1. The Bertz CT molecular complexity index is 666. The van der Waals surface area contributed by atoms with Gasteiger partial charge in [0, 0.05) is 10.7 Å². The third-order valence-electron chi connectivity index (χ3n) is 4.25. The van der Waals surface area contributed by atoms with Gasteiger partial charge in [0.15, 0.2) is 0 Å². The maximum Gasteiger partial charge on any atom is 0.338 e. The fourth-order valence-corrected chi connectivity index (χ4v) is 3.32. The highest BCUT2D eigenvalue weighted by Gasteiger charge is 2.33. The van der Waals surface area contributed by atoms with Crippen molar-refractivity contribution >= 4 is 23.6 Å². The first-order valence-corrected chi connectivity index (χ1v) is 8.17. The van der Waals surface area contributed by atoms with Gasteiger partial charge in [0.2, 0.25) is 0 Å². The molecule has 0 radical (unpaired) electrons. The Labute approximate surface area is 140 Å². The van der Waals surface area contributed by atoms with E-state index in [2.05, 4.69) is 10.6 Å². The first kappa shape index (κ1) is 15.9. The average Bonchev–Trinajstić information content (AvgIpc) is 2.99. The molecule has 1 atom stereocenters. The zero-order valence-corrected chi connectivity index (χ0v) is 13.7. The largest absolute Gasteiger partial charge is 0.459 e. The molecule has 6 heteroatoms. The fraction of sp³-hybridized carbons (Fsp3) is 0.412. The van der Waals surface area contributed by atoms with Crippen LogP contribution < -0.4 is 10.6 Å². The van der Waals surface area contributed by atoms with Gasteiger partial charge in [-0.25, -0.2) is 9.59 Å². The molecular formula is C17H19ClN2O3. The number of rotatable bonds is 3. The zero-order chi connectivity index (χ0) is 16.4. The summed E-state index contributed by atoms with van der Waals surface area (Å²) in [5, 5.41) is 5.98. The number of allylic oxidation sites excluding steroid dienone is 1. The number of amides is 2. The van der Waals surface area contributed by atoms with Crippen LogP contribution in [0.5, 0.6) is 0 Å². The first-order valence-electron chi connectivity index (χ1n) is 7.79. The van der Waals surface area contributed by atoms with Crippen molar-refractivity contribution in [1.29, 1.82) is 0 Å². The monoisotopic (exact) mass is 334 g/mol. The Morgan fingerprint density at radius 1 is 1.30 bits per heavy atom. The lowest BCUT2D eigenvalue weighted by Gasteiger charge is -2.29. The molecule has 1 aliphatic carbocycles. The molecule has 5 nitrogen and oxygen atoms in total. The molecule has 122 valence electrons. The summed E-state index contributed by atoms with van der Waals surface area (Å²) in [5.74, 6) is -0.383. The van der Waals surface area contributed by atoms with E-state index in [-0.39, 0.29) is 18.1 Å². The summed E-state index contributed by atoms with van der Waals surface area (Å²) in [4.78, 5) is 24.4. The number of hydrogen-bond donors (Lipinski definition) is 2. The van der Waals surface area contributed by atoms with E-state index >= 15 is 0 Å². The van der Waals surface area contributed by atoms with Crippen LogP contribution in [0.25, 0.3) is 0 Å². The quantitative estimate of drug-likeness (QED) is 0.832. The molecule has 2 N–H and O–H groups in total. The molecule has 1 saturated carbocycles. The van der Waals surface area contributed by atoms with Crippen LogP contribution >= 0.6 is 11.6 Å². The number of hydrogen-bond acceptors (Lipinski definition) is 3. The molecule has 23 heavy (non-hydrogen) atoms. The molecule has 3 rings (SSSR count). The van der Waals surface area contributed by atoms with Gasteiger partial charge in [-0.1, -0.05) is 23.7 Å². The second-order valence-electron chi connectivity index (χ2n) is 5.94. The molecular weight excluding hydrogens is 316 g/mol. The van der Waals surface area contributed by atoms with Crippen LogP contribution in [0.2, 0.25) is 5.02 Å². The molecule has 1 aromatic carbocycles. The Morgan fingerprint density at radius 2 is 2.04 bits per heavy atom. The molecule has 0 aromatic heterocycles. The van der Waals surface area contributed by atoms with Gasteiger partial charge >= 0.3 is 12.0 Å². The third-order valence-corrected chi connectivity index (χ3v) is 4.48. The number of carbonyl (C=O) groups is 2. The zero-order valence-electron chi connectivity index (χ0n) is 12.9. The summed E-state index contributed by atoms with van der Waals surface area (Å²) in [6, 6.07) is 6.22. The summed E-state index contributed by atoms with van der Waals surface area (Å²) in [7, 11) is 0. The van der Waals surface area contributed by atoms with Gasteiger partial charge in [0.1, 0.15) is 6.10 Å². The fourth-order valence-electron chi connectivity index (χ4n) is 3.12. The van der Waals surface area contributed by atoms with Crippen molar-refractivity contribution in [3.05, 3.63) is 46.1 Å². The van der Waals surface area contributed by atoms with Crippen molar-refractivity contribution in [2.45, 2.75) is 44.8 Å². The molecule has 1 fully saturated rings. The molecule has 1 aromatic rings. The smallest absolute Gasteiger partial charge is 0.338 e. The number of nitrogens with one attached hydrogen (secondary N) is 2. The Balaban J connectivity index is 1.90. The molecule has 2 amide bonds. The predicted octanol–water partition coefficient (Wildman–Crippen LogP) is 3.45. The van der Waals surface area contributed by atoms with E-state index in [0.717, 1.165) is 31.2 Å². The first-order chi connectivity index (χ1) is 11.0. The van der Waals surface area contributed by atoms with E-state index in [0.29, 0.717) is 16.3 Å². The SMILES string of the molecule is CC1=C(C(=O)OC2CCCC2)[C@@H](c2cccc(Cl)c2)NC(=O)N1. The minimum absolute atomic E-state index is 0.0274. The van der Waals surface area contributed by atoms with Crippen LogP contribution in [-0.4, -0.2) is 18.1 Å². The summed E-state index contributed by atoms with van der Waals surface area (Å²) in [5.41, 5.74) is 1.70. The van der Waals surface area contributed by atoms with Crippen LogP contribution in [0.15, 0.2) is 35.5 Å². The van der Waals surface area contributed by atoms with E-state index in [9.17, 15) is 9.59 Å². The van der Waals surface area contributed by atoms with Gasteiger partial charge in [0.25, 0.3) is 0 Å². The second kappa shape index (κ2) is 6.62. The highest BCUT2D eigenvalue weighted by molar-refractivity contribution is 6.30. The normalized spacial score (nSPS) is 21.8. The van der Waals surface area contributed by atoms with Gasteiger partial charge < -0.3 is 15.4 Å². The van der Waals surface area contributed by atoms with Crippen LogP contribution in [-0.2, 0) is 9.53 Å². The topological polar surface area (TPSA) is 67.4 Å². The Morgan fingerprint density at radius 3 is 2.74 bits per heavy atom. The molecule has 0 spiro atoms. The van der Waals surface area contributed by atoms with Crippen LogP contribution in [0.4, 0.5) is 4.79 Å². The van der Waals surface area contributed by atoms with E-state index in [1.165, 1.54) is 0 Å². The summed E-state index contributed by atoms with van der Waals surface area (Å²) >= 11 is 6.04. The van der Waals surface area contributed by atoms with Crippen molar-refractivity contribution in [1.82, 2.24) is 10.6 Å². The summed E-state index contributed by atoms with van der Waals surface area (Å²) in [6.45, 7) is 1.71. The number of halogens is 1. The van der Waals surface area contributed by atoms with E-state index in [1.54, 1.807) is 25.1 Å². The second-order valence-corrected chi connectivity index (χ2v) is 6.37. The van der Waals surface area contributed by atoms with Gasteiger partial charge in [0.05, 0.1) is 11.6 Å². The minimum Gasteiger partial charge on any atom is -0.459 e. The Hall–Kier alpha value is -2.01. The highest BCUT2D eigenvalue weighted by Crippen LogP contribution is 2.30. The lowest BCUT2D eigenvalue weighted by atomic mass is 9.95.